The fourth-order valence-corrected chi connectivity index (χ4v) is 1.48. The minimum Gasteiger partial charge on any atom is -0.298 e. The van der Waals surface area contributed by atoms with Gasteiger partial charge in [-0.25, -0.2) is 0 Å². The van der Waals surface area contributed by atoms with Crippen LogP contribution in [0.4, 0.5) is 0 Å². The van der Waals surface area contributed by atoms with E-state index in [1.54, 1.807) is 0 Å². The highest BCUT2D eigenvalue weighted by Gasteiger charge is 2.01. The van der Waals surface area contributed by atoms with Gasteiger partial charge in [0, 0.05) is 19.1 Å². The molecule has 0 atom stereocenters. The van der Waals surface area contributed by atoms with E-state index in [0.717, 1.165) is 23.0 Å². The molecule has 0 bridgehead atoms. The summed E-state index contributed by atoms with van der Waals surface area (Å²) in [5, 5.41) is 0. The van der Waals surface area contributed by atoms with Crippen LogP contribution >= 0.6 is 13.5 Å². The number of carbonyl (C=O) groups is 1. The van der Waals surface area contributed by atoms with E-state index in [4.69, 9.17) is 0 Å². The Labute approximate surface area is 96.2 Å². The van der Waals surface area contributed by atoms with Crippen LogP contribution in [-0.4, -0.2) is 6.29 Å². The molecule has 2 aromatic rings. The third-order valence-corrected chi connectivity index (χ3v) is 2.17. The number of hydrogen-bond donors (Lipinski definition) is 0. The molecule has 0 aliphatic heterocycles. The van der Waals surface area contributed by atoms with Gasteiger partial charge in [0.15, 0.2) is 6.29 Å². The van der Waals surface area contributed by atoms with Crippen molar-refractivity contribution < 1.29 is 4.79 Å². The summed E-state index contributed by atoms with van der Waals surface area (Å²) in [5.41, 5.74) is 2.80. The van der Waals surface area contributed by atoms with Crippen LogP contribution in [0, 0.1) is 0 Å². The van der Waals surface area contributed by atoms with Crippen molar-refractivity contribution in [3.8, 4) is 11.1 Å². The third-order valence-electron chi connectivity index (χ3n) is 2.17. The molecule has 15 heavy (non-hydrogen) atoms. The molecule has 0 saturated heterocycles. The van der Waals surface area contributed by atoms with Gasteiger partial charge in [-0.2, -0.15) is 0 Å². The maximum atomic E-state index is 10.8. The zero-order valence-corrected chi connectivity index (χ0v) is 8.91. The first-order valence-corrected chi connectivity index (χ1v) is 4.51. The van der Waals surface area contributed by atoms with E-state index < -0.39 is 0 Å². The van der Waals surface area contributed by atoms with Crippen molar-refractivity contribution >= 4 is 19.8 Å². The Morgan fingerprint density at radius 1 is 0.800 bits per heavy atom. The van der Waals surface area contributed by atoms with Gasteiger partial charge in [0.2, 0.25) is 0 Å². The first kappa shape index (κ1) is 11.5. The highest BCUT2D eigenvalue weighted by atomic mass is 32.1. The van der Waals surface area contributed by atoms with Crippen LogP contribution in [0.15, 0.2) is 54.6 Å². The minimum atomic E-state index is 0. The second kappa shape index (κ2) is 5.37. The Morgan fingerprint density at radius 2 is 1.40 bits per heavy atom. The summed E-state index contributed by atoms with van der Waals surface area (Å²) in [6.45, 7) is 0. The molecule has 74 valence electrons. The van der Waals surface area contributed by atoms with Crippen molar-refractivity contribution in [3.63, 3.8) is 0 Å². The predicted octanol–water partition coefficient (Wildman–Crippen LogP) is 3.81. The molecule has 2 rings (SSSR count). The molecule has 0 amide bonds. The van der Waals surface area contributed by atoms with Crippen molar-refractivity contribution in [1.29, 1.82) is 0 Å². The van der Waals surface area contributed by atoms with Gasteiger partial charge in [-0.05, 0) is 11.1 Å². The SMILES string of the molecule is O=Cc1ccccc1-c1ccccc1.[S]. The number of benzene rings is 2. The summed E-state index contributed by atoms with van der Waals surface area (Å²) < 4.78 is 0. The molecule has 0 fully saturated rings. The topological polar surface area (TPSA) is 17.1 Å². The summed E-state index contributed by atoms with van der Waals surface area (Å²) in [7, 11) is 0. The quantitative estimate of drug-likeness (QED) is 0.695. The molecule has 2 radical (unpaired) electrons. The van der Waals surface area contributed by atoms with E-state index in [2.05, 4.69) is 0 Å². The fourth-order valence-electron chi connectivity index (χ4n) is 1.48. The van der Waals surface area contributed by atoms with Crippen LogP contribution in [-0.2, 0) is 0 Å². The van der Waals surface area contributed by atoms with Crippen molar-refractivity contribution in [3.05, 3.63) is 60.2 Å². The predicted molar refractivity (Wildman–Crippen MR) is 64.9 cm³/mol. The highest BCUT2D eigenvalue weighted by Crippen LogP contribution is 2.21. The molecule has 0 spiro atoms. The van der Waals surface area contributed by atoms with Crippen LogP contribution in [0.5, 0.6) is 0 Å². The standard InChI is InChI=1S/C13H10O.S/c14-10-12-8-4-5-9-13(12)11-6-2-1-3-7-11;/h1-10H;. The maximum Gasteiger partial charge on any atom is 0.150 e. The Morgan fingerprint density at radius 3 is 2.07 bits per heavy atom. The van der Waals surface area contributed by atoms with Crippen LogP contribution in [0.2, 0.25) is 0 Å². The lowest BCUT2D eigenvalue weighted by atomic mass is 10.0. The molecule has 0 aromatic heterocycles. The van der Waals surface area contributed by atoms with E-state index in [-0.39, 0.29) is 13.5 Å². The second-order valence-corrected chi connectivity index (χ2v) is 3.07. The molecule has 2 aromatic carbocycles. The third kappa shape index (κ3) is 2.48. The molecule has 0 unspecified atom stereocenters. The van der Waals surface area contributed by atoms with E-state index in [1.807, 2.05) is 54.6 Å². The lowest BCUT2D eigenvalue weighted by Gasteiger charge is -2.03. The first-order chi connectivity index (χ1) is 6.92. The normalized spacial score (nSPS) is 9.07. The number of carbonyl (C=O) groups excluding carboxylic acids is 1. The molecule has 0 aliphatic carbocycles. The lowest BCUT2D eigenvalue weighted by Crippen LogP contribution is -1.85. The van der Waals surface area contributed by atoms with Gasteiger partial charge in [-0.1, -0.05) is 54.6 Å². The molecule has 1 nitrogen and oxygen atoms in total. The Kier molecular flexibility index (Phi) is 4.13. The van der Waals surface area contributed by atoms with Crippen molar-refractivity contribution in [2.45, 2.75) is 0 Å². The van der Waals surface area contributed by atoms with E-state index in [9.17, 15) is 4.79 Å². The summed E-state index contributed by atoms with van der Waals surface area (Å²) in [5.74, 6) is 0. The monoisotopic (exact) mass is 214 g/mol. The van der Waals surface area contributed by atoms with Crippen molar-refractivity contribution in [2.24, 2.45) is 0 Å². The number of aldehydes is 1. The average molecular weight is 214 g/mol. The molecule has 0 aliphatic rings. The van der Waals surface area contributed by atoms with E-state index in [1.165, 1.54) is 0 Å². The summed E-state index contributed by atoms with van der Waals surface area (Å²) in [6.07, 6.45) is 0.891. The molecule has 0 saturated carbocycles. The smallest absolute Gasteiger partial charge is 0.150 e. The second-order valence-electron chi connectivity index (χ2n) is 3.07. The molecule has 0 N–H and O–H groups in total. The van der Waals surface area contributed by atoms with Crippen molar-refractivity contribution in [1.82, 2.24) is 0 Å². The van der Waals surface area contributed by atoms with Gasteiger partial charge < -0.3 is 0 Å². The zero-order valence-electron chi connectivity index (χ0n) is 8.09. The number of rotatable bonds is 2. The van der Waals surface area contributed by atoms with Gasteiger partial charge in [0.1, 0.15) is 0 Å². The van der Waals surface area contributed by atoms with Crippen LogP contribution < -0.4 is 0 Å². The fraction of sp³-hybridized carbons (Fsp3) is 0. The Balaban J connectivity index is 0.00000112. The van der Waals surface area contributed by atoms with Crippen LogP contribution in [0.1, 0.15) is 10.4 Å². The minimum absolute atomic E-state index is 0. The number of hydrogen-bond acceptors (Lipinski definition) is 1. The van der Waals surface area contributed by atoms with Gasteiger partial charge in [-0.15, -0.1) is 0 Å². The zero-order chi connectivity index (χ0) is 9.80. The van der Waals surface area contributed by atoms with Gasteiger partial charge in [0.05, 0.1) is 0 Å². The molecule has 2 heteroatoms. The maximum absolute atomic E-state index is 10.8. The van der Waals surface area contributed by atoms with Crippen LogP contribution in [0.25, 0.3) is 11.1 Å². The largest absolute Gasteiger partial charge is 0.298 e. The highest BCUT2D eigenvalue weighted by molar-refractivity contribution is 7.59. The van der Waals surface area contributed by atoms with Gasteiger partial charge in [-0.3, -0.25) is 4.79 Å². The summed E-state index contributed by atoms with van der Waals surface area (Å²) >= 11 is 0. The molecular weight excluding hydrogens is 204 g/mol. The first-order valence-electron chi connectivity index (χ1n) is 4.51. The summed E-state index contributed by atoms with van der Waals surface area (Å²) in [6, 6.07) is 17.5. The lowest BCUT2D eigenvalue weighted by molar-refractivity contribution is 0.112. The van der Waals surface area contributed by atoms with Gasteiger partial charge >= 0.3 is 0 Å². The summed E-state index contributed by atoms with van der Waals surface area (Å²) in [4.78, 5) is 10.8. The van der Waals surface area contributed by atoms with Gasteiger partial charge in [0.25, 0.3) is 0 Å². The molecule has 0 heterocycles. The average Bonchev–Trinajstić information content (AvgIpc) is 2.30. The Bertz CT molecular complexity index is 437. The molecular formula is C13H10OS. The van der Waals surface area contributed by atoms with E-state index in [0.29, 0.717) is 0 Å². The van der Waals surface area contributed by atoms with E-state index >= 15 is 0 Å². The Hall–Kier alpha value is -1.54. The van der Waals surface area contributed by atoms with Crippen molar-refractivity contribution in [2.75, 3.05) is 0 Å². The van der Waals surface area contributed by atoms with Crippen LogP contribution in [0.3, 0.4) is 0 Å².